The third-order valence-electron chi connectivity index (χ3n) is 3.19. The average Bonchev–Trinajstić information content (AvgIpc) is 2.74. The van der Waals surface area contributed by atoms with Gasteiger partial charge in [0.15, 0.2) is 0 Å². The second kappa shape index (κ2) is 4.14. The zero-order valence-electron chi connectivity index (χ0n) is 9.40. The van der Waals surface area contributed by atoms with Crippen molar-refractivity contribution in [1.82, 2.24) is 9.97 Å². The number of hydrogen-bond donors (Lipinski definition) is 1. The summed E-state index contributed by atoms with van der Waals surface area (Å²) < 4.78 is 0. The molecule has 4 nitrogen and oxygen atoms in total. The van der Waals surface area contributed by atoms with Crippen LogP contribution in [0.5, 0.6) is 0 Å². The van der Waals surface area contributed by atoms with Crippen molar-refractivity contribution >= 4 is 5.82 Å². The van der Waals surface area contributed by atoms with E-state index in [0.29, 0.717) is 12.6 Å². The van der Waals surface area contributed by atoms with Gasteiger partial charge < -0.3 is 10.6 Å². The van der Waals surface area contributed by atoms with E-state index in [9.17, 15) is 0 Å². The van der Waals surface area contributed by atoms with E-state index in [1.165, 1.54) is 17.7 Å². The molecule has 0 aliphatic heterocycles. The van der Waals surface area contributed by atoms with Crippen LogP contribution in [0.2, 0.25) is 0 Å². The van der Waals surface area contributed by atoms with Gasteiger partial charge in [-0.3, -0.25) is 0 Å². The van der Waals surface area contributed by atoms with Crippen molar-refractivity contribution in [1.29, 1.82) is 0 Å². The van der Waals surface area contributed by atoms with Crippen LogP contribution in [0, 0.1) is 0 Å². The van der Waals surface area contributed by atoms with Crippen LogP contribution in [-0.2, 0) is 12.8 Å². The standard InChI is InChI=1S/C11H18N4/c1-8(6-12)15(2)11-9-4-3-5-10(9)13-7-14-11/h7-8H,3-6,12H2,1-2H3. The fourth-order valence-electron chi connectivity index (χ4n) is 2.01. The molecule has 2 N–H and O–H groups in total. The Morgan fingerprint density at radius 2 is 2.27 bits per heavy atom. The van der Waals surface area contributed by atoms with E-state index in [1.54, 1.807) is 6.33 Å². The summed E-state index contributed by atoms with van der Waals surface area (Å²) in [6, 6.07) is 0.324. The molecule has 0 saturated heterocycles. The number of likely N-dealkylation sites (N-methyl/N-ethyl adjacent to an activating group) is 1. The molecular formula is C11H18N4. The molecule has 1 aliphatic carbocycles. The van der Waals surface area contributed by atoms with Crippen LogP contribution in [0.1, 0.15) is 24.6 Å². The molecule has 1 aromatic rings. The van der Waals surface area contributed by atoms with Gasteiger partial charge in [0.25, 0.3) is 0 Å². The lowest BCUT2D eigenvalue weighted by Crippen LogP contribution is -2.36. The molecule has 1 heterocycles. The van der Waals surface area contributed by atoms with E-state index >= 15 is 0 Å². The Balaban J connectivity index is 2.32. The number of nitrogens with zero attached hydrogens (tertiary/aromatic N) is 3. The summed E-state index contributed by atoms with van der Waals surface area (Å²) in [5.41, 5.74) is 8.21. The second-order valence-electron chi connectivity index (χ2n) is 4.17. The molecule has 4 heteroatoms. The van der Waals surface area contributed by atoms with Crippen molar-refractivity contribution in [3.05, 3.63) is 17.6 Å². The van der Waals surface area contributed by atoms with Crippen molar-refractivity contribution in [3.63, 3.8) is 0 Å². The lowest BCUT2D eigenvalue weighted by molar-refractivity contribution is 0.682. The van der Waals surface area contributed by atoms with Gasteiger partial charge in [0.05, 0.1) is 0 Å². The zero-order valence-corrected chi connectivity index (χ0v) is 9.40. The van der Waals surface area contributed by atoms with E-state index in [-0.39, 0.29) is 0 Å². The predicted molar refractivity (Wildman–Crippen MR) is 61.0 cm³/mol. The summed E-state index contributed by atoms with van der Waals surface area (Å²) in [5, 5.41) is 0. The van der Waals surface area contributed by atoms with Gasteiger partial charge in [0.1, 0.15) is 12.1 Å². The van der Waals surface area contributed by atoms with E-state index < -0.39 is 0 Å². The van der Waals surface area contributed by atoms with Crippen LogP contribution >= 0.6 is 0 Å². The molecule has 1 atom stereocenters. The molecule has 0 saturated carbocycles. The van der Waals surface area contributed by atoms with Crippen LogP contribution in [0.15, 0.2) is 6.33 Å². The first-order valence-corrected chi connectivity index (χ1v) is 5.49. The number of fused-ring (bicyclic) bond motifs is 1. The van der Waals surface area contributed by atoms with Crippen LogP contribution < -0.4 is 10.6 Å². The van der Waals surface area contributed by atoms with Gasteiger partial charge in [0.2, 0.25) is 0 Å². The number of nitrogens with two attached hydrogens (primary N) is 1. The Labute approximate surface area is 90.5 Å². The molecule has 0 amide bonds. The highest BCUT2D eigenvalue weighted by molar-refractivity contribution is 5.50. The van der Waals surface area contributed by atoms with Crippen LogP contribution in [-0.4, -0.2) is 29.6 Å². The third-order valence-corrected chi connectivity index (χ3v) is 3.19. The molecule has 1 unspecified atom stereocenters. The van der Waals surface area contributed by atoms with Gasteiger partial charge in [0, 0.05) is 30.9 Å². The number of anilines is 1. The van der Waals surface area contributed by atoms with Gasteiger partial charge in [-0.05, 0) is 26.2 Å². The van der Waals surface area contributed by atoms with Crippen molar-refractivity contribution in [2.45, 2.75) is 32.2 Å². The fourth-order valence-corrected chi connectivity index (χ4v) is 2.01. The maximum absolute atomic E-state index is 5.67. The molecule has 15 heavy (non-hydrogen) atoms. The first-order chi connectivity index (χ1) is 7.24. The Hall–Kier alpha value is -1.16. The first-order valence-electron chi connectivity index (χ1n) is 5.49. The Bertz CT molecular complexity index is 350. The van der Waals surface area contributed by atoms with Crippen molar-refractivity contribution in [3.8, 4) is 0 Å². The number of aryl methyl sites for hydroxylation is 1. The zero-order chi connectivity index (χ0) is 10.8. The Kier molecular flexibility index (Phi) is 2.86. The fraction of sp³-hybridized carbons (Fsp3) is 0.636. The molecular weight excluding hydrogens is 188 g/mol. The van der Waals surface area contributed by atoms with Gasteiger partial charge >= 0.3 is 0 Å². The van der Waals surface area contributed by atoms with E-state index in [4.69, 9.17) is 5.73 Å². The summed E-state index contributed by atoms with van der Waals surface area (Å²) in [5.74, 6) is 1.07. The Morgan fingerprint density at radius 1 is 1.47 bits per heavy atom. The highest BCUT2D eigenvalue weighted by Crippen LogP contribution is 2.27. The first kappa shape index (κ1) is 10.4. The predicted octanol–water partition coefficient (Wildman–Crippen LogP) is 0.749. The molecule has 0 bridgehead atoms. The highest BCUT2D eigenvalue weighted by atomic mass is 15.2. The molecule has 1 aromatic heterocycles. The topological polar surface area (TPSA) is 55.0 Å². The highest BCUT2D eigenvalue weighted by Gasteiger charge is 2.20. The molecule has 0 spiro atoms. The molecule has 2 rings (SSSR count). The van der Waals surface area contributed by atoms with Crippen LogP contribution in [0.25, 0.3) is 0 Å². The smallest absolute Gasteiger partial charge is 0.135 e. The molecule has 0 radical (unpaired) electrons. The third kappa shape index (κ3) is 1.81. The lowest BCUT2D eigenvalue weighted by Gasteiger charge is -2.26. The van der Waals surface area contributed by atoms with E-state index in [0.717, 1.165) is 18.7 Å². The average molecular weight is 206 g/mol. The van der Waals surface area contributed by atoms with Crippen molar-refractivity contribution in [2.24, 2.45) is 5.73 Å². The Morgan fingerprint density at radius 3 is 3.00 bits per heavy atom. The van der Waals surface area contributed by atoms with Gasteiger partial charge in [-0.25, -0.2) is 9.97 Å². The summed E-state index contributed by atoms with van der Waals surface area (Å²) in [6.45, 7) is 2.76. The quantitative estimate of drug-likeness (QED) is 0.793. The van der Waals surface area contributed by atoms with E-state index in [1.807, 2.05) is 0 Å². The summed E-state index contributed by atoms with van der Waals surface area (Å²) in [6.07, 6.45) is 5.06. The number of rotatable bonds is 3. The maximum Gasteiger partial charge on any atom is 0.135 e. The summed E-state index contributed by atoms with van der Waals surface area (Å²) in [4.78, 5) is 10.9. The molecule has 1 aliphatic rings. The van der Waals surface area contributed by atoms with Crippen LogP contribution in [0.3, 0.4) is 0 Å². The largest absolute Gasteiger partial charge is 0.355 e. The molecule has 0 aromatic carbocycles. The van der Waals surface area contributed by atoms with Crippen molar-refractivity contribution in [2.75, 3.05) is 18.5 Å². The normalized spacial score (nSPS) is 16.2. The minimum Gasteiger partial charge on any atom is -0.355 e. The van der Waals surface area contributed by atoms with Gasteiger partial charge in [-0.2, -0.15) is 0 Å². The maximum atomic E-state index is 5.67. The summed E-state index contributed by atoms with van der Waals surface area (Å²) in [7, 11) is 2.05. The van der Waals surface area contributed by atoms with Crippen LogP contribution in [0.4, 0.5) is 5.82 Å². The number of hydrogen-bond acceptors (Lipinski definition) is 4. The molecule has 0 fully saturated rings. The minimum atomic E-state index is 0.324. The number of aromatic nitrogens is 2. The van der Waals surface area contributed by atoms with Gasteiger partial charge in [-0.1, -0.05) is 0 Å². The second-order valence-corrected chi connectivity index (χ2v) is 4.17. The monoisotopic (exact) mass is 206 g/mol. The lowest BCUT2D eigenvalue weighted by atomic mass is 10.2. The summed E-state index contributed by atoms with van der Waals surface area (Å²) >= 11 is 0. The molecule has 82 valence electrons. The van der Waals surface area contributed by atoms with Gasteiger partial charge in [-0.15, -0.1) is 0 Å². The van der Waals surface area contributed by atoms with E-state index in [2.05, 4.69) is 28.8 Å². The SMILES string of the molecule is CC(CN)N(C)c1ncnc2c1CCC2. The minimum absolute atomic E-state index is 0.324. The van der Waals surface area contributed by atoms with Crippen molar-refractivity contribution < 1.29 is 0 Å².